The number of piperidine rings is 1. The Labute approximate surface area is 112 Å². The maximum absolute atomic E-state index is 12.5. The molecule has 2 aromatic rings. The minimum absolute atomic E-state index is 0.0525. The highest BCUT2D eigenvalue weighted by Crippen LogP contribution is 2.21. The molecule has 1 saturated heterocycles. The standard InChI is InChI=1S/C14H18N4O/c1-2-11-7-9-17(10-8-11)14(19)18-13-6-4-3-5-12(13)15-16-18/h3-6,11H,2,7-10H2,1H3. The van der Waals surface area contributed by atoms with E-state index >= 15 is 0 Å². The van der Waals surface area contributed by atoms with Crippen molar-refractivity contribution in [2.75, 3.05) is 13.1 Å². The first-order chi connectivity index (χ1) is 9.29. The lowest BCUT2D eigenvalue weighted by molar-refractivity contribution is 0.168. The molecule has 0 radical (unpaired) electrons. The Morgan fingerprint density at radius 1 is 1.32 bits per heavy atom. The average Bonchev–Trinajstić information content (AvgIpc) is 2.90. The Kier molecular flexibility index (Phi) is 3.19. The van der Waals surface area contributed by atoms with Crippen LogP contribution >= 0.6 is 0 Å². The second kappa shape index (κ2) is 4.99. The van der Waals surface area contributed by atoms with E-state index in [9.17, 15) is 4.79 Å². The molecule has 0 unspecified atom stereocenters. The number of hydrogen-bond donors (Lipinski definition) is 0. The molecule has 1 aromatic heterocycles. The Morgan fingerprint density at radius 3 is 2.79 bits per heavy atom. The number of aromatic nitrogens is 3. The Bertz CT molecular complexity index is 584. The van der Waals surface area contributed by atoms with Gasteiger partial charge in [0.05, 0.1) is 5.52 Å². The first-order valence-corrected chi connectivity index (χ1v) is 6.89. The number of hydrogen-bond acceptors (Lipinski definition) is 3. The van der Waals surface area contributed by atoms with E-state index in [-0.39, 0.29) is 6.03 Å². The highest BCUT2D eigenvalue weighted by molar-refractivity contribution is 5.87. The summed E-state index contributed by atoms with van der Waals surface area (Å²) in [5.74, 6) is 0.761. The molecule has 1 aromatic carbocycles. The van der Waals surface area contributed by atoms with Crippen molar-refractivity contribution in [1.29, 1.82) is 0 Å². The second-order valence-corrected chi connectivity index (χ2v) is 5.11. The first kappa shape index (κ1) is 12.1. The molecule has 5 nitrogen and oxygen atoms in total. The fourth-order valence-corrected chi connectivity index (χ4v) is 2.68. The van der Waals surface area contributed by atoms with Crippen LogP contribution in [-0.2, 0) is 0 Å². The quantitative estimate of drug-likeness (QED) is 0.789. The highest BCUT2D eigenvalue weighted by Gasteiger charge is 2.24. The molecule has 1 fully saturated rings. The summed E-state index contributed by atoms with van der Waals surface area (Å²) in [6, 6.07) is 7.50. The zero-order valence-corrected chi connectivity index (χ0v) is 11.1. The summed E-state index contributed by atoms with van der Waals surface area (Å²) < 4.78 is 1.42. The average molecular weight is 258 g/mol. The van der Waals surface area contributed by atoms with E-state index in [0.29, 0.717) is 0 Å². The minimum Gasteiger partial charge on any atom is -0.323 e. The van der Waals surface area contributed by atoms with Crippen molar-refractivity contribution in [3.8, 4) is 0 Å². The molecule has 1 amide bonds. The SMILES string of the molecule is CCC1CCN(C(=O)n2nnc3ccccc32)CC1. The third-order valence-corrected chi connectivity index (χ3v) is 4.00. The molecule has 2 heterocycles. The van der Waals surface area contributed by atoms with Gasteiger partial charge in [-0.15, -0.1) is 5.10 Å². The Hall–Kier alpha value is -1.91. The summed E-state index contributed by atoms with van der Waals surface area (Å²) in [4.78, 5) is 14.3. The molecule has 1 aliphatic rings. The van der Waals surface area contributed by atoms with Gasteiger partial charge in [-0.2, -0.15) is 4.68 Å². The molecule has 0 N–H and O–H groups in total. The van der Waals surface area contributed by atoms with Crippen LogP contribution in [0.3, 0.4) is 0 Å². The minimum atomic E-state index is -0.0525. The smallest absolute Gasteiger partial charge is 0.323 e. The van der Waals surface area contributed by atoms with Crippen LogP contribution in [-0.4, -0.2) is 39.0 Å². The fraction of sp³-hybridized carbons (Fsp3) is 0.500. The van der Waals surface area contributed by atoms with E-state index in [1.165, 1.54) is 11.1 Å². The van der Waals surface area contributed by atoms with E-state index < -0.39 is 0 Å². The summed E-state index contributed by atoms with van der Waals surface area (Å²) in [6.07, 6.45) is 3.39. The topological polar surface area (TPSA) is 51.0 Å². The molecule has 19 heavy (non-hydrogen) atoms. The Morgan fingerprint density at radius 2 is 2.05 bits per heavy atom. The lowest BCUT2D eigenvalue weighted by Crippen LogP contribution is -2.41. The fourth-order valence-electron chi connectivity index (χ4n) is 2.68. The molecular formula is C14H18N4O. The van der Waals surface area contributed by atoms with Crippen LogP contribution in [0.1, 0.15) is 26.2 Å². The zero-order chi connectivity index (χ0) is 13.2. The number of rotatable bonds is 1. The van der Waals surface area contributed by atoms with Crippen molar-refractivity contribution in [1.82, 2.24) is 19.9 Å². The number of fused-ring (bicyclic) bond motifs is 1. The van der Waals surface area contributed by atoms with Gasteiger partial charge in [-0.1, -0.05) is 30.7 Å². The molecule has 0 atom stereocenters. The third kappa shape index (κ3) is 2.20. The zero-order valence-electron chi connectivity index (χ0n) is 11.1. The predicted octanol–water partition coefficient (Wildman–Crippen LogP) is 2.52. The summed E-state index contributed by atoms with van der Waals surface area (Å²) in [5, 5.41) is 8.02. The maximum atomic E-state index is 12.5. The predicted molar refractivity (Wildman–Crippen MR) is 72.9 cm³/mol. The molecular weight excluding hydrogens is 240 g/mol. The van der Waals surface area contributed by atoms with Crippen LogP contribution in [0.15, 0.2) is 24.3 Å². The van der Waals surface area contributed by atoms with E-state index in [4.69, 9.17) is 0 Å². The molecule has 1 aliphatic heterocycles. The van der Waals surface area contributed by atoms with Crippen LogP contribution in [0.25, 0.3) is 11.0 Å². The number of nitrogens with zero attached hydrogens (tertiary/aromatic N) is 4. The van der Waals surface area contributed by atoms with E-state index in [1.807, 2.05) is 29.2 Å². The molecule has 0 saturated carbocycles. The van der Waals surface area contributed by atoms with Crippen LogP contribution in [0.4, 0.5) is 4.79 Å². The van der Waals surface area contributed by atoms with Gasteiger partial charge in [-0.3, -0.25) is 0 Å². The van der Waals surface area contributed by atoms with Gasteiger partial charge in [-0.05, 0) is 30.9 Å². The summed E-state index contributed by atoms with van der Waals surface area (Å²) in [7, 11) is 0. The first-order valence-electron chi connectivity index (χ1n) is 6.89. The number of amides is 1. The third-order valence-electron chi connectivity index (χ3n) is 4.00. The van der Waals surface area contributed by atoms with Gasteiger partial charge in [0.2, 0.25) is 0 Å². The van der Waals surface area contributed by atoms with Gasteiger partial charge >= 0.3 is 6.03 Å². The highest BCUT2D eigenvalue weighted by atomic mass is 16.2. The van der Waals surface area contributed by atoms with Crippen LogP contribution in [0.2, 0.25) is 0 Å². The van der Waals surface area contributed by atoms with Crippen molar-refractivity contribution in [2.45, 2.75) is 26.2 Å². The number of benzene rings is 1. The van der Waals surface area contributed by atoms with E-state index in [0.717, 1.165) is 42.9 Å². The number of carbonyl (C=O) groups excluding carboxylic acids is 1. The van der Waals surface area contributed by atoms with E-state index in [2.05, 4.69) is 17.2 Å². The maximum Gasteiger partial charge on any atom is 0.346 e. The monoisotopic (exact) mass is 258 g/mol. The molecule has 0 bridgehead atoms. The van der Waals surface area contributed by atoms with Crippen molar-refractivity contribution in [2.24, 2.45) is 5.92 Å². The number of para-hydroxylation sites is 1. The van der Waals surface area contributed by atoms with Gasteiger partial charge in [0.15, 0.2) is 0 Å². The van der Waals surface area contributed by atoms with Gasteiger partial charge < -0.3 is 4.90 Å². The normalized spacial score (nSPS) is 17.0. The van der Waals surface area contributed by atoms with Gasteiger partial charge in [0, 0.05) is 13.1 Å². The molecule has 0 spiro atoms. The molecule has 3 rings (SSSR count). The van der Waals surface area contributed by atoms with Crippen LogP contribution in [0, 0.1) is 5.92 Å². The van der Waals surface area contributed by atoms with Crippen molar-refractivity contribution in [3.05, 3.63) is 24.3 Å². The lowest BCUT2D eigenvalue weighted by atomic mass is 9.95. The summed E-state index contributed by atoms with van der Waals surface area (Å²) in [5.41, 5.74) is 1.55. The van der Waals surface area contributed by atoms with Crippen molar-refractivity contribution in [3.63, 3.8) is 0 Å². The van der Waals surface area contributed by atoms with Crippen molar-refractivity contribution < 1.29 is 4.79 Å². The molecule has 100 valence electrons. The van der Waals surface area contributed by atoms with E-state index in [1.54, 1.807) is 0 Å². The van der Waals surface area contributed by atoms with Crippen LogP contribution < -0.4 is 0 Å². The second-order valence-electron chi connectivity index (χ2n) is 5.11. The van der Waals surface area contributed by atoms with Crippen LogP contribution in [0.5, 0.6) is 0 Å². The summed E-state index contributed by atoms with van der Waals surface area (Å²) in [6.45, 7) is 3.87. The molecule has 0 aliphatic carbocycles. The Balaban J connectivity index is 1.81. The van der Waals surface area contributed by atoms with Gasteiger partial charge in [-0.25, -0.2) is 4.79 Å². The van der Waals surface area contributed by atoms with Gasteiger partial charge in [0.25, 0.3) is 0 Å². The number of carbonyl (C=O) groups is 1. The summed E-state index contributed by atoms with van der Waals surface area (Å²) >= 11 is 0. The van der Waals surface area contributed by atoms with Crippen molar-refractivity contribution >= 4 is 17.1 Å². The van der Waals surface area contributed by atoms with Gasteiger partial charge in [0.1, 0.15) is 5.52 Å². The number of likely N-dealkylation sites (tertiary alicyclic amines) is 1. The molecule has 5 heteroatoms. The largest absolute Gasteiger partial charge is 0.346 e. The lowest BCUT2D eigenvalue weighted by Gasteiger charge is -2.31.